The predicted octanol–water partition coefficient (Wildman–Crippen LogP) is 1.77. The number of sulfonamides is 1. The van der Waals surface area contributed by atoms with Gasteiger partial charge in [-0.15, -0.1) is 0 Å². The number of aromatic nitrogens is 2. The molecule has 0 radical (unpaired) electrons. The minimum Gasteiger partial charge on any atom is -0.495 e. The van der Waals surface area contributed by atoms with Crippen LogP contribution in [0.2, 0.25) is 5.02 Å². The summed E-state index contributed by atoms with van der Waals surface area (Å²) < 4.78 is 34.2. The Bertz CT molecular complexity index is 1030. The van der Waals surface area contributed by atoms with E-state index >= 15 is 0 Å². The van der Waals surface area contributed by atoms with Gasteiger partial charge in [0, 0.05) is 33.2 Å². The lowest BCUT2D eigenvalue weighted by atomic mass is 10.1. The first-order valence-electron chi connectivity index (χ1n) is 9.25. The number of ether oxygens (including phenoxy) is 1. The molecule has 10 heteroatoms. The molecule has 158 valence electrons. The zero-order valence-corrected chi connectivity index (χ0v) is 18.5. The number of hydrogen-bond acceptors (Lipinski definition) is 5. The number of amides is 1. The molecule has 0 atom stereocenters. The van der Waals surface area contributed by atoms with Crippen molar-refractivity contribution in [1.29, 1.82) is 0 Å². The molecule has 1 saturated heterocycles. The monoisotopic (exact) mass is 440 g/mol. The molecule has 3 rings (SSSR count). The first-order valence-corrected chi connectivity index (χ1v) is 11.1. The lowest BCUT2D eigenvalue weighted by molar-refractivity contribution is -0.131. The van der Waals surface area contributed by atoms with Gasteiger partial charge in [-0.1, -0.05) is 17.7 Å². The Balaban J connectivity index is 1.65. The van der Waals surface area contributed by atoms with Gasteiger partial charge in [0.05, 0.1) is 29.9 Å². The number of aryl methyl sites for hydroxylation is 2. The summed E-state index contributed by atoms with van der Waals surface area (Å²) in [7, 11) is -0.382. The molecule has 0 spiro atoms. The molecule has 2 heterocycles. The van der Waals surface area contributed by atoms with Crippen molar-refractivity contribution in [2.75, 3.05) is 33.3 Å². The van der Waals surface area contributed by atoms with Crippen LogP contribution < -0.4 is 4.74 Å². The summed E-state index contributed by atoms with van der Waals surface area (Å²) >= 11 is 6.12. The minimum atomic E-state index is -3.64. The number of benzene rings is 1. The Morgan fingerprint density at radius 3 is 2.38 bits per heavy atom. The topological polar surface area (TPSA) is 84.7 Å². The van der Waals surface area contributed by atoms with Gasteiger partial charge in [-0.05, 0) is 31.5 Å². The first kappa shape index (κ1) is 21.6. The Labute approximate surface area is 176 Å². The molecule has 1 aliphatic heterocycles. The predicted molar refractivity (Wildman–Crippen MR) is 110 cm³/mol. The van der Waals surface area contributed by atoms with E-state index in [4.69, 9.17) is 16.3 Å². The quantitative estimate of drug-likeness (QED) is 0.707. The molecule has 8 nitrogen and oxygen atoms in total. The number of hydrogen-bond donors (Lipinski definition) is 0. The van der Waals surface area contributed by atoms with Gasteiger partial charge in [-0.25, -0.2) is 8.42 Å². The number of rotatable bonds is 5. The molecular formula is C19H25ClN4O4S. The Hall–Kier alpha value is -2.10. The second-order valence-electron chi connectivity index (χ2n) is 7.05. The highest BCUT2D eigenvalue weighted by Gasteiger charge is 2.33. The largest absolute Gasteiger partial charge is 0.495 e. The number of carbonyl (C=O) groups excluding carboxylic acids is 1. The minimum absolute atomic E-state index is 0.0583. The van der Waals surface area contributed by atoms with Crippen LogP contribution in [-0.2, 0) is 28.3 Å². The van der Waals surface area contributed by atoms with Crippen LogP contribution in [0.4, 0.5) is 0 Å². The average molecular weight is 441 g/mol. The molecule has 1 amide bonds. The van der Waals surface area contributed by atoms with Crippen LogP contribution in [0.15, 0.2) is 23.1 Å². The van der Waals surface area contributed by atoms with Crippen LogP contribution in [-0.4, -0.2) is 66.6 Å². The number of nitrogens with zero attached hydrogens (tertiary/aromatic N) is 4. The molecule has 0 aliphatic carbocycles. The zero-order valence-electron chi connectivity index (χ0n) is 17.0. The maximum Gasteiger partial charge on any atom is 0.246 e. The lowest BCUT2D eigenvalue weighted by Crippen LogP contribution is -2.51. The summed E-state index contributed by atoms with van der Waals surface area (Å²) in [5.41, 5.74) is 1.88. The molecule has 0 N–H and O–H groups in total. The Kier molecular flexibility index (Phi) is 6.21. The summed E-state index contributed by atoms with van der Waals surface area (Å²) in [6.07, 6.45) is 0.206. The van der Waals surface area contributed by atoms with Gasteiger partial charge in [0.1, 0.15) is 10.6 Å². The van der Waals surface area contributed by atoms with Gasteiger partial charge in [-0.3, -0.25) is 9.48 Å². The fourth-order valence-electron chi connectivity index (χ4n) is 3.54. The standard InChI is InChI=1S/C19H25ClN4O4S/c1-13-19(14(2)22(3)21-13)29(26,27)24-9-7-23(8-10-24)18(25)12-15-5-6-17(28-4)16(20)11-15/h5-6,11H,7-10,12H2,1-4H3. The summed E-state index contributed by atoms with van der Waals surface area (Å²) in [6.45, 7) is 4.64. The first-order chi connectivity index (χ1) is 13.6. The molecule has 2 aromatic rings. The second-order valence-corrected chi connectivity index (χ2v) is 9.34. The molecule has 0 unspecified atom stereocenters. The van der Waals surface area contributed by atoms with E-state index in [-0.39, 0.29) is 30.3 Å². The van der Waals surface area contributed by atoms with Gasteiger partial charge in [-0.2, -0.15) is 9.40 Å². The Morgan fingerprint density at radius 2 is 1.86 bits per heavy atom. The van der Waals surface area contributed by atoms with Gasteiger partial charge < -0.3 is 9.64 Å². The van der Waals surface area contributed by atoms with Crippen molar-refractivity contribution in [2.45, 2.75) is 25.2 Å². The van der Waals surface area contributed by atoms with Crippen molar-refractivity contribution in [3.8, 4) is 5.75 Å². The summed E-state index contributed by atoms with van der Waals surface area (Å²) in [5.74, 6) is 0.500. The zero-order chi connectivity index (χ0) is 21.3. The highest BCUT2D eigenvalue weighted by atomic mass is 35.5. The van der Waals surface area contributed by atoms with Gasteiger partial charge in [0.25, 0.3) is 0 Å². The van der Waals surface area contributed by atoms with E-state index in [1.165, 1.54) is 11.4 Å². The fraction of sp³-hybridized carbons (Fsp3) is 0.474. The SMILES string of the molecule is COc1ccc(CC(=O)N2CCN(S(=O)(=O)c3c(C)nn(C)c3C)CC2)cc1Cl. The van der Waals surface area contributed by atoms with E-state index in [1.807, 2.05) is 0 Å². The van der Waals surface area contributed by atoms with E-state index < -0.39 is 10.0 Å². The van der Waals surface area contributed by atoms with Crippen LogP contribution in [0.25, 0.3) is 0 Å². The number of carbonyl (C=O) groups is 1. The molecule has 1 aliphatic rings. The van der Waals surface area contributed by atoms with Gasteiger partial charge >= 0.3 is 0 Å². The fourth-order valence-corrected chi connectivity index (χ4v) is 5.64. The van der Waals surface area contributed by atoms with Crippen LogP contribution in [0.1, 0.15) is 17.0 Å². The number of methoxy groups -OCH3 is 1. The molecule has 0 saturated carbocycles. The Morgan fingerprint density at radius 1 is 1.21 bits per heavy atom. The van der Waals surface area contributed by atoms with Crippen molar-refractivity contribution in [3.63, 3.8) is 0 Å². The van der Waals surface area contributed by atoms with Crippen molar-refractivity contribution in [1.82, 2.24) is 19.0 Å². The maximum atomic E-state index is 13.1. The lowest BCUT2D eigenvalue weighted by Gasteiger charge is -2.34. The molecular weight excluding hydrogens is 416 g/mol. The smallest absolute Gasteiger partial charge is 0.246 e. The van der Waals surface area contributed by atoms with Crippen molar-refractivity contribution in [2.24, 2.45) is 7.05 Å². The normalized spacial score (nSPS) is 15.6. The van der Waals surface area contributed by atoms with E-state index in [9.17, 15) is 13.2 Å². The van der Waals surface area contributed by atoms with Crippen LogP contribution in [0.3, 0.4) is 0 Å². The third kappa shape index (κ3) is 4.26. The van der Waals surface area contributed by atoms with E-state index in [0.717, 1.165) is 5.56 Å². The van der Waals surface area contributed by atoms with Crippen molar-refractivity contribution < 1.29 is 17.9 Å². The summed E-state index contributed by atoms with van der Waals surface area (Å²) in [6, 6.07) is 5.25. The third-order valence-electron chi connectivity index (χ3n) is 5.20. The van der Waals surface area contributed by atoms with Gasteiger partial charge in [0.2, 0.25) is 15.9 Å². The second kappa shape index (κ2) is 8.33. The number of halogens is 1. The van der Waals surface area contributed by atoms with Crippen LogP contribution in [0.5, 0.6) is 5.75 Å². The van der Waals surface area contributed by atoms with Crippen LogP contribution in [0, 0.1) is 13.8 Å². The summed E-state index contributed by atoms with van der Waals surface area (Å²) in [4.78, 5) is 14.6. The van der Waals surface area contributed by atoms with Gasteiger partial charge in [0.15, 0.2) is 0 Å². The van der Waals surface area contributed by atoms with E-state index in [1.54, 1.807) is 48.7 Å². The highest BCUT2D eigenvalue weighted by molar-refractivity contribution is 7.89. The molecule has 1 aromatic heterocycles. The van der Waals surface area contributed by atoms with E-state index in [0.29, 0.717) is 35.2 Å². The molecule has 1 aromatic carbocycles. The molecule has 29 heavy (non-hydrogen) atoms. The highest BCUT2D eigenvalue weighted by Crippen LogP contribution is 2.26. The number of piperazine rings is 1. The average Bonchev–Trinajstić information content (AvgIpc) is 2.94. The molecule has 1 fully saturated rings. The third-order valence-corrected chi connectivity index (χ3v) is 7.65. The van der Waals surface area contributed by atoms with Crippen molar-refractivity contribution >= 4 is 27.5 Å². The van der Waals surface area contributed by atoms with E-state index in [2.05, 4.69) is 5.10 Å². The summed E-state index contributed by atoms with van der Waals surface area (Å²) in [5, 5.41) is 4.66. The molecule has 0 bridgehead atoms. The van der Waals surface area contributed by atoms with Crippen molar-refractivity contribution in [3.05, 3.63) is 40.2 Å². The maximum absolute atomic E-state index is 13.1. The van der Waals surface area contributed by atoms with Crippen LogP contribution >= 0.6 is 11.6 Å².